The molecule has 17 heavy (non-hydrogen) atoms. The van der Waals surface area contributed by atoms with E-state index in [0.29, 0.717) is 6.10 Å². The number of aliphatic hydroxyl groups is 1. The lowest BCUT2D eigenvalue weighted by Gasteiger charge is -2.37. The highest BCUT2D eigenvalue weighted by Gasteiger charge is 2.31. The molecule has 0 aromatic rings. The Labute approximate surface area is 105 Å². The van der Waals surface area contributed by atoms with Crippen LogP contribution in [-0.2, 0) is 4.74 Å². The average Bonchev–Trinajstić information content (AvgIpc) is 2.81. The summed E-state index contributed by atoms with van der Waals surface area (Å²) in [5.41, 5.74) is -0.424. The summed E-state index contributed by atoms with van der Waals surface area (Å²) in [7, 11) is 0. The number of hydrogen-bond donors (Lipinski definition) is 1. The predicted octanol–water partition coefficient (Wildman–Crippen LogP) is 2.18. The van der Waals surface area contributed by atoms with Gasteiger partial charge in [-0.05, 0) is 32.2 Å². The van der Waals surface area contributed by atoms with Crippen LogP contribution >= 0.6 is 0 Å². The minimum absolute atomic E-state index is 0.405. The first-order valence-electron chi connectivity index (χ1n) is 7.28. The van der Waals surface area contributed by atoms with Gasteiger partial charge in [-0.15, -0.1) is 0 Å². The molecule has 0 aromatic heterocycles. The number of hydrogen-bond acceptors (Lipinski definition) is 3. The van der Waals surface area contributed by atoms with Gasteiger partial charge in [0.15, 0.2) is 0 Å². The van der Waals surface area contributed by atoms with Crippen LogP contribution in [0.15, 0.2) is 0 Å². The maximum Gasteiger partial charge on any atom is 0.0774 e. The summed E-state index contributed by atoms with van der Waals surface area (Å²) in [5.74, 6) is 0. The van der Waals surface area contributed by atoms with Crippen molar-refractivity contribution in [1.29, 1.82) is 0 Å². The molecule has 1 atom stereocenters. The molecule has 2 aliphatic rings. The second-order valence-electron chi connectivity index (χ2n) is 5.75. The summed E-state index contributed by atoms with van der Waals surface area (Å²) >= 11 is 0. The van der Waals surface area contributed by atoms with Crippen molar-refractivity contribution >= 4 is 0 Å². The van der Waals surface area contributed by atoms with E-state index in [-0.39, 0.29) is 0 Å². The second-order valence-corrected chi connectivity index (χ2v) is 5.75. The monoisotopic (exact) mass is 241 g/mol. The van der Waals surface area contributed by atoms with Crippen molar-refractivity contribution in [2.75, 3.05) is 26.2 Å². The van der Waals surface area contributed by atoms with Gasteiger partial charge < -0.3 is 9.84 Å². The van der Waals surface area contributed by atoms with Crippen LogP contribution in [0.3, 0.4) is 0 Å². The van der Waals surface area contributed by atoms with Gasteiger partial charge in [0.1, 0.15) is 0 Å². The highest BCUT2D eigenvalue weighted by molar-refractivity contribution is 4.86. The van der Waals surface area contributed by atoms with Gasteiger partial charge >= 0.3 is 0 Å². The smallest absolute Gasteiger partial charge is 0.0774 e. The number of likely N-dealkylation sites (N-methyl/N-ethyl adjacent to an activating group) is 1. The van der Waals surface area contributed by atoms with Crippen LogP contribution in [0.4, 0.5) is 0 Å². The minimum Gasteiger partial charge on any atom is -0.389 e. The SMILES string of the molecule is CCN(CC1CCCO1)CC1(O)CCCCC1. The Morgan fingerprint density at radius 3 is 2.59 bits per heavy atom. The fraction of sp³-hybridized carbons (Fsp3) is 1.00. The predicted molar refractivity (Wildman–Crippen MR) is 69.1 cm³/mol. The summed E-state index contributed by atoms with van der Waals surface area (Å²) in [6.45, 7) is 5.96. The summed E-state index contributed by atoms with van der Waals surface area (Å²) in [6, 6.07) is 0. The van der Waals surface area contributed by atoms with Crippen LogP contribution in [0.1, 0.15) is 51.9 Å². The van der Waals surface area contributed by atoms with Gasteiger partial charge in [-0.2, -0.15) is 0 Å². The molecule has 1 saturated heterocycles. The van der Waals surface area contributed by atoms with Crippen molar-refractivity contribution in [1.82, 2.24) is 4.90 Å². The fourth-order valence-electron chi connectivity index (χ4n) is 3.17. The lowest BCUT2D eigenvalue weighted by molar-refractivity contribution is -0.0350. The zero-order valence-electron chi connectivity index (χ0n) is 11.2. The van der Waals surface area contributed by atoms with Gasteiger partial charge in [-0.1, -0.05) is 26.2 Å². The lowest BCUT2D eigenvalue weighted by atomic mass is 9.84. The van der Waals surface area contributed by atoms with E-state index in [0.717, 1.165) is 39.1 Å². The van der Waals surface area contributed by atoms with E-state index in [2.05, 4.69) is 11.8 Å². The van der Waals surface area contributed by atoms with Crippen molar-refractivity contribution in [3.8, 4) is 0 Å². The average molecular weight is 241 g/mol. The molecule has 0 amide bonds. The number of rotatable bonds is 5. The summed E-state index contributed by atoms with van der Waals surface area (Å²) < 4.78 is 5.68. The van der Waals surface area contributed by atoms with Crippen LogP contribution in [0.2, 0.25) is 0 Å². The van der Waals surface area contributed by atoms with Gasteiger partial charge in [0, 0.05) is 19.7 Å². The molecule has 100 valence electrons. The molecule has 1 heterocycles. The highest BCUT2D eigenvalue weighted by atomic mass is 16.5. The van der Waals surface area contributed by atoms with E-state index < -0.39 is 5.60 Å². The van der Waals surface area contributed by atoms with Crippen LogP contribution in [0.5, 0.6) is 0 Å². The Bertz CT molecular complexity index is 220. The first kappa shape index (κ1) is 13.3. The second kappa shape index (κ2) is 6.17. The molecule has 0 aromatic carbocycles. The Morgan fingerprint density at radius 2 is 2.00 bits per heavy atom. The van der Waals surface area contributed by atoms with Crippen molar-refractivity contribution in [2.45, 2.75) is 63.6 Å². The van der Waals surface area contributed by atoms with Gasteiger partial charge in [0.25, 0.3) is 0 Å². The molecule has 1 aliphatic heterocycles. The summed E-state index contributed by atoms with van der Waals surface area (Å²) in [6.07, 6.45) is 8.43. The molecule has 1 aliphatic carbocycles. The normalized spacial score (nSPS) is 28.8. The van der Waals surface area contributed by atoms with Crippen molar-refractivity contribution < 1.29 is 9.84 Å². The molecule has 3 heteroatoms. The van der Waals surface area contributed by atoms with Crippen LogP contribution in [0, 0.1) is 0 Å². The number of ether oxygens (including phenoxy) is 1. The first-order chi connectivity index (χ1) is 8.22. The molecule has 0 bridgehead atoms. The van der Waals surface area contributed by atoms with Crippen molar-refractivity contribution in [3.63, 3.8) is 0 Å². The van der Waals surface area contributed by atoms with Gasteiger partial charge in [0.2, 0.25) is 0 Å². The van der Waals surface area contributed by atoms with Crippen molar-refractivity contribution in [2.24, 2.45) is 0 Å². The largest absolute Gasteiger partial charge is 0.389 e. The molecule has 1 N–H and O–H groups in total. The minimum atomic E-state index is -0.424. The Hall–Kier alpha value is -0.120. The maximum absolute atomic E-state index is 10.6. The third-order valence-corrected chi connectivity index (χ3v) is 4.24. The standard InChI is InChI=1S/C14H27NO2/c1-2-15(11-13-7-6-10-17-13)12-14(16)8-4-3-5-9-14/h13,16H,2-12H2,1H3. The Balaban J connectivity index is 1.80. The van der Waals surface area contributed by atoms with E-state index in [9.17, 15) is 5.11 Å². The molecule has 2 rings (SSSR count). The molecule has 3 nitrogen and oxygen atoms in total. The third-order valence-electron chi connectivity index (χ3n) is 4.24. The zero-order valence-corrected chi connectivity index (χ0v) is 11.2. The van der Waals surface area contributed by atoms with Crippen LogP contribution in [0.25, 0.3) is 0 Å². The molecule has 0 spiro atoms. The summed E-state index contributed by atoms with van der Waals surface area (Å²) in [4.78, 5) is 2.38. The van der Waals surface area contributed by atoms with Crippen LogP contribution < -0.4 is 0 Å². The van der Waals surface area contributed by atoms with E-state index >= 15 is 0 Å². The molecule has 0 radical (unpaired) electrons. The first-order valence-corrected chi connectivity index (χ1v) is 7.28. The lowest BCUT2D eigenvalue weighted by Crippen LogP contribution is -2.46. The topological polar surface area (TPSA) is 32.7 Å². The zero-order chi connectivity index (χ0) is 12.1. The maximum atomic E-state index is 10.6. The van der Waals surface area contributed by atoms with Crippen LogP contribution in [-0.4, -0.2) is 48.0 Å². The van der Waals surface area contributed by atoms with Crippen molar-refractivity contribution in [3.05, 3.63) is 0 Å². The van der Waals surface area contributed by atoms with Gasteiger partial charge in [0.05, 0.1) is 11.7 Å². The molecular weight excluding hydrogens is 214 g/mol. The third kappa shape index (κ3) is 3.94. The van der Waals surface area contributed by atoms with Gasteiger partial charge in [-0.3, -0.25) is 4.90 Å². The highest BCUT2D eigenvalue weighted by Crippen LogP contribution is 2.29. The Kier molecular flexibility index (Phi) is 4.83. The van der Waals surface area contributed by atoms with E-state index in [1.807, 2.05) is 0 Å². The number of nitrogens with zero attached hydrogens (tertiary/aromatic N) is 1. The summed E-state index contributed by atoms with van der Waals surface area (Å²) in [5, 5.41) is 10.6. The molecule has 1 unspecified atom stereocenters. The van der Waals surface area contributed by atoms with E-state index in [4.69, 9.17) is 4.74 Å². The van der Waals surface area contributed by atoms with E-state index in [1.165, 1.54) is 32.1 Å². The van der Waals surface area contributed by atoms with Gasteiger partial charge in [-0.25, -0.2) is 0 Å². The fourth-order valence-corrected chi connectivity index (χ4v) is 3.17. The quantitative estimate of drug-likeness (QED) is 0.801. The molecular formula is C14H27NO2. The Morgan fingerprint density at radius 1 is 1.24 bits per heavy atom. The molecule has 1 saturated carbocycles. The molecule has 2 fully saturated rings. The van der Waals surface area contributed by atoms with E-state index in [1.54, 1.807) is 0 Å².